The van der Waals surface area contributed by atoms with Crippen molar-refractivity contribution in [2.45, 2.75) is 114 Å². The van der Waals surface area contributed by atoms with E-state index in [0.717, 1.165) is 27.4 Å². The van der Waals surface area contributed by atoms with Crippen molar-refractivity contribution in [3.05, 3.63) is 141 Å². The molecule has 0 saturated heterocycles. The molecule has 0 unspecified atom stereocenters. The standard InChI is InChI=1S/C24H35NSSi.C22H21NS2/c1-9-27(10-2,11-3)26-24-21(8)20(7)19(6)15-22(24)16-25-23-17(4)13-12-14-18(23)5;1-15-8-7-9-16(2)21(15)23-14-18-13-20(12-17(3)22(18)24)25-19-10-5-4-6-11-19/h12-16H,9-11H2,1-8H3;4-14,24H,1-3H3. The first-order valence-corrected chi connectivity index (χ1v) is 23.8. The lowest BCUT2D eigenvalue weighted by Gasteiger charge is -2.29. The molecule has 272 valence electrons. The Balaban J connectivity index is 0.000000233. The normalized spacial score (nSPS) is 11.7. The summed E-state index contributed by atoms with van der Waals surface area (Å²) in [6, 6.07) is 33.7. The summed E-state index contributed by atoms with van der Waals surface area (Å²) in [5.41, 5.74) is 14.7. The van der Waals surface area contributed by atoms with Gasteiger partial charge in [0, 0.05) is 43.1 Å². The van der Waals surface area contributed by atoms with E-state index in [9.17, 15) is 0 Å². The number of thiol groups is 1. The highest BCUT2D eigenvalue weighted by Crippen LogP contribution is 2.42. The molecule has 5 aromatic carbocycles. The van der Waals surface area contributed by atoms with Crippen LogP contribution in [-0.2, 0) is 0 Å². The maximum absolute atomic E-state index is 4.93. The number of hydrogen-bond acceptors (Lipinski definition) is 5. The highest BCUT2D eigenvalue weighted by atomic mass is 32.4. The molecule has 52 heavy (non-hydrogen) atoms. The van der Waals surface area contributed by atoms with Crippen LogP contribution in [0.25, 0.3) is 0 Å². The summed E-state index contributed by atoms with van der Waals surface area (Å²) in [6.07, 6.45) is 4.04. The second-order valence-corrected chi connectivity index (χ2v) is 23.7. The first-order valence-electron chi connectivity index (χ1n) is 18.4. The van der Waals surface area contributed by atoms with Gasteiger partial charge in [0.1, 0.15) is 7.22 Å². The van der Waals surface area contributed by atoms with Crippen molar-refractivity contribution in [2.75, 3.05) is 0 Å². The molecule has 6 heteroatoms. The van der Waals surface area contributed by atoms with Crippen molar-refractivity contribution in [2.24, 2.45) is 9.98 Å². The molecule has 0 aromatic heterocycles. The quantitative estimate of drug-likeness (QED) is 0.0824. The predicted molar refractivity (Wildman–Crippen MR) is 239 cm³/mol. The molecular weight excluding hydrogens is 705 g/mol. The van der Waals surface area contributed by atoms with Crippen molar-refractivity contribution < 1.29 is 0 Å². The molecule has 0 N–H and O–H groups in total. The molecule has 0 aliphatic heterocycles. The Hall–Kier alpha value is -3.29. The third-order valence-electron chi connectivity index (χ3n) is 10.2. The molecule has 0 atom stereocenters. The molecule has 0 saturated carbocycles. The fraction of sp³-hybridized carbons (Fsp3) is 0.304. The van der Waals surface area contributed by atoms with Gasteiger partial charge in [0.2, 0.25) is 0 Å². The average Bonchev–Trinajstić information content (AvgIpc) is 3.13. The van der Waals surface area contributed by atoms with Crippen LogP contribution in [0.3, 0.4) is 0 Å². The van der Waals surface area contributed by atoms with Gasteiger partial charge in [-0.15, -0.1) is 12.6 Å². The second-order valence-electron chi connectivity index (χ2n) is 13.8. The Bertz CT molecular complexity index is 2000. The zero-order valence-corrected chi connectivity index (χ0v) is 36.5. The summed E-state index contributed by atoms with van der Waals surface area (Å²) in [6.45, 7) is 24.5. The zero-order chi connectivity index (χ0) is 38.0. The van der Waals surface area contributed by atoms with Gasteiger partial charge in [0.15, 0.2) is 0 Å². The molecule has 0 spiro atoms. The minimum absolute atomic E-state index is 0.979. The Morgan fingerprint density at radius 3 is 1.54 bits per heavy atom. The average molecular weight is 761 g/mol. The Kier molecular flexibility index (Phi) is 15.3. The summed E-state index contributed by atoms with van der Waals surface area (Å²) < 4.78 is 0. The molecule has 0 amide bonds. The minimum atomic E-state index is -1.34. The van der Waals surface area contributed by atoms with Gasteiger partial charge in [0.25, 0.3) is 0 Å². The van der Waals surface area contributed by atoms with Gasteiger partial charge in [0.05, 0.1) is 11.4 Å². The van der Waals surface area contributed by atoms with Gasteiger partial charge < -0.3 is 0 Å². The summed E-state index contributed by atoms with van der Waals surface area (Å²) in [4.78, 5) is 14.5. The third kappa shape index (κ3) is 10.4. The summed E-state index contributed by atoms with van der Waals surface area (Å²) in [5, 5.41) is 0. The van der Waals surface area contributed by atoms with Crippen LogP contribution < -0.4 is 0 Å². The molecule has 0 radical (unpaired) electrons. The van der Waals surface area contributed by atoms with E-state index in [4.69, 9.17) is 9.98 Å². The Morgan fingerprint density at radius 1 is 0.538 bits per heavy atom. The Morgan fingerprint density at radius 2 is 1.04 bits per heavy atom. The number of benzene rings is 5. The zero-order valence-electron chi connectivity index (χ0n) is 33.0. The van der Waals surface area contributed by atoms with Gasteiger partial charge >= 0.3 is 0 Å². The highest BCUT2D eigenvalue weighted by molar-refractivity contribution is 8.29. The minimum Gasteiger partial charge on any atom is -0.256 e. The van der Waals surface area contributed by atoms with Gasteiger partial charge in [-0.1, -0.05) is 105 Å². The van der Waals surface area contributed by atoms with E-state index in [2.05, 4.69) is 185 Å². The highest BCUT2D eigenvalue weighted by Gasteiger charge is 2.30. The van der Waals surface area contributed by atoms with Crippen molar-refractivity contribution in [1.29, 1.82) is 0 Å². The van der Waals surface area contributed by atoms with Crippen LogP contribution in [0.5, 0.6) is 0 Å². The molecule has 5 rings (SSSR count). The van der Waals surface area contributed by atoms with Crippen LogP contribution in [0, 0.1) is 55.4 Å². The van der Waals surface area contributed by atoms with Gasteiger partial charge in [-0.3, -0.25) is 9.98 Å². The topological polar surface area (TPSA) is 24.7 Å². The second kappa shape index (κ2) is 19.2. The van der Waals surface area contributed by atoms with Crippen molar-refractivity contribution in [1.82, 2.24) is 0 Å². The van der Waals surface area contributed by atoms with Crippen molar-refractivity contribution in [3.8, 4) is 0 Å². The number of rotatable bonds is 11. The molecular formula is C46H56N2S3Si. The van der Waals surface area contributed by atoms with Crippen molar-refractivity contribution in [3.63, 3.8) is 0 Å². The first-order chi connectivity index (χ1) is 24.8. The maximum atomic E-state index is 4.93. The van der Waals surface area contributed by atoms with Crippen molar-refractivity contribution >= 4 is 66.6 Å². The van der Waals surface area contributed by atoms with Crippen LogP contribution >= 0.6 is 35.6 Å². The molecule has 5 aromatic rings. The van der Waals surface area contributed by atoms with E-state index in [1.807, 2.05) is 12.3 Å². The number of nitrogens with zero attached hydrogens (tertiary/aromatic N) is 2. The lowest BCUT2D eigenvalue weighted by molar-refractivity contribution is 1.17. The van der Waals surface area contributed by atoms with E-state index >= 15 is 0 Å². The largest absolute Gasteiger partial charge is 0.256 e. The SMILES string of the molecule is CC[Si](CC)(CC)Sc1c(C=Nc2c(C)cccc2C)cc(C)c(C)c1C.Cc1cc(Sc2ccccc2)cc(C=Nc2c(C)cccc2C)c1S. The van der Waals surface area contributed by atoms with Gasteiger partial charge in [-0.05, 0) is 130 Å². The van der Waals surface area contributed by atoms with Crippen LogP contribution in [0.2, 0.25) is 18.1 Å². The number of hydrogen-bond donors (Lipinski definition) is 1. The number of aryl methyl sites for hydroxylation is 6. The summed E-state index contributed by atoms with van der Waals surface area (Å²) >= 11 is 8.64. The predicted octanol–water partition coefficient (Wildman–Crippen LogP) is 14.9. The summed E-state index contributed by atoms with van der Waals surface area (Å²) in [7, 11) is -1.34. The van der Waals surface area contributed by atoms with Crippen LogP contribution in [-0.4, -0.2) is 19.7 Å². The molecule has 0 heterocycles. The molecule has 0 aliphatic carbocycles. The van der Waals surface area contributed by atoms with Crippen LogP contribution in [0.4, 0.5) is 11.4 Å². The van der Waals surface area contributed by atoms with E-state index < -0.39 is 7.22 Å². The van der Waals surface area contributed by atoms with E-state index in [0.29, 0.717) is 0 Å². The lowest BCUT2D eigenvalue weighted by Crippen LogP contribution is -2.27. The summed E-state index contributed by atoms with van der Waals surface area (Å²) in [5.74, 6) is 0. The van der Waals surface area contributed by atoms with Crippen LogP contribution in [0.1, 0.15) is 76.4 Å². The van der Waals surface area contributed by atoms with Gasteiger partial charge in [-0.2, -0.15) is 11.2 Å². The van der Waals surface area contributed by atoms with Gasteiger partial charge in [-0.25, -0.2) is 0 Å². The Labute approximate surface area is 329 Å². The fourth-order valence-electron chi connectivity index (χ4n) is 6.35. The number of para-hydroxylation sites is 2. The first kappa shape index (κ1) is 41.5. The van der Waals surface area contributed by atoms with Crippen LogP contribution in [0.15, 0.2) is 114 Å². The van der Waals surface area contributed by atoms with E-state index in [1.54, 1.807) is 11.8 Å². The fourth-order valence-corrected chi connectivity index (χ4v) is 13.8. The van der Waals surface area contributed by atoms with E-state index in [1.165, 1.54) is 77.3 Å². The van der Waals surface area contributed by atoms with E-state index in [-0.39, 0.29) is 0 Å². The maximum Gasteiger partial charge on any atom is 0.122 e. The lowest BCUT2D eigenvalue weighted by atomic mass is 10.0. The molecule has 0 aliphatic rings. The molecule has 0 bridgehead atoms. The third-order valence-corrected chi connectivity index (χ3v) is 21.4. The number of aliphatic imine (C=N–C) groups is 2. The smallest absolute Gasteiger partial charge is 0.122 e. The monoisotopic (exact) mass is 760 g/mol. The molecule has 2 nitrogen and oxygen atoms in total. The molecule has 0 fully saturated rings.